The molecule has 0 fully saturated rings. The van der Waals surface area contributed by atoms with Gasteiger partial charge >= 0.3 is 0 Å². The molecule has 0 aliphatic rings. The molecule has 33 heavy (non-hydrogen) atoms. The van der Waals surface area contributed by atoms with Gasteiger partial charge in [0.2, 0.25) is 0 Å². The lowest BCUT2D eigenvalue weighted by molar-refractivity contribution is -0.671. The third-order valence-corrected chi connectivity index (χ3v) is 5.88. The molecule has 0 unspecified atom stereocenters. The van der Waals surface area contributed by atoms with Gasteiger partial charge in [-0.1, -0.05) is 63.1 Å². The molecule has 2 rings (SSSR count). The smallest absolute Gasteiger partial charge is 0.282 e. The van der Waals surface area contributed by atoms with Crippen LogP contribution in [0.2, 0.25) is 0 Å². The fourth-order valence-electron chi connectivity index (χ4n) is 3.04. The Morgan fingerprint density at radius 3 is 2.21 bits per heavy atom. The number of unbranched alkanes of at least 4 members (excludes halogenated alkanes) is 6. The second-order valence-electron chi connectivity index (χ2n) is 8.21. The van der Waals surface area contributed by atoms with Crippen LogP contribution in [0.15, 0.2) is 58.8 Å². The topological polar surface area (TPSA) is 99.7 Å². The molecule has 8 heteroatoms. The highest BCUT2D eigenvalue weighted by Crippen LogP contribution is 2.09. The van der Waals surface area contributed by atoms with Gasteiger partial charge in [-0.3, -0.25) is 9.35 Å². The minimum atomic E-state index is -4.02. The number of pyridine rings is 1. The van der Waals surface area contributed by atoms with Gasteiger partial charge in [0.1, 0.15) is 12.6 Å². The van der Waals surface area contributed by atoms with Gasteiger partial charge in [-0.2, -0.15) is 13.5 Å². The average Bonchev–Trinajstić information content (AvgIpc) is 2.77. The molecule has 0 atom stereocenters. The standard InChI is InChI=1S/C18H29N3O.C7H8O3S/c1-4-5-6-7-8-9-10-12-16(2)19-20-18(22)17-13-11-14-21(3)15-17;1-6-2-4-7(5-3-6)11(8,9)10/h11,13-15H,4-10,12H2,1-3H3;2-5H,1H3,(H,8,9,10)/p+1/b19-16+;. The Labute approximate surface area is 198 Å². The van der Waals surface area contributed by atoms with Gasteiger partial charge in [0, 0.05) is 11.8 Å². The minimum Gasteiger partial charge on any atom is -0.282 e. The summed E-state index contributed by atoms with van der Waals surface area (Å²) in [4.78, 5) is 11.9. The summed E-state index contributed by atoms with van der Waals surface area (Å²) in [6.07, 6.45) is 13.7. The van der Waals surface area contributed by atoms with E-state index in [1.807, 2.05) is 37.7 Å². The van der Waals surface area contributed by atoms with E-state index in [2.05, 4.69) is 17.5 Å². The predicted molar refractivity (Wildman–Crippen MR) is 132 cm³/mol. The number of nitrogens with zero attached hydrogens (tertiary/aromatic N) is 2. The molecule has 2 aromatic rings. The number of carbonyl (C=O) groups excluding carboxylic acids is 1. The van der Waals surface area contributed by atoms with Crippen LogP contribution in [0.4, 0.5) is 0 Å². The Balaban J connectivity index is 0.000000412. The van der Waals surface area contributed by atoms with Gasteiger partial charge in [-0.25, -0.2) is 9.99 Å². The first-order valence-electron chi connectivity index (χ1n) is 11.5. The molecule has 0 radical (unpaired) electrons. The molecule has 0 spiro atoms. The summed E-state index contributed by atoms with van der Waals surface area (Å²) in [5.74, 6) is -0.157. The van der Waals surface area contributed by atoms with E-state index in [9.17, 15) is 13.2 Å². The first-order chi connectivity index (χ1) is 15.6. The van der Waals surface area contributed by atoms with Crippen molar-refractivity contribution < 1.29 is 22.3 Å². The van der Waals surface area contributed by atoms with Gasteiger partial charge < -0.3 is 0 Å². The highest BCUT2D eigenvalue weighted by atomic mass is 32.2. The van der Waals surface area contributed by atoms with E-state index in [4.69, 9.17) is 4.55 Å². The summed E-state index contributed by atoms with van der Waals surface area (Å²) in [7, 11) is -2.12. The van der Waals surface area contributed by atoms with Crippen LogP contribution in [-0.2, 0) is 17.2 Å². The molecule has 2 N–H and O–H groups in total. The molecule has 182 valence electrons. The van der Waals surface area contributed by atoms with Crippen molar-refractivity contribution in [3.05, 3.63) is 59.9 Å². The van der Waals surface area contributed by atoms with Crippen molar-refractivity contribution in [1.29, 1.82) is 0 Å². The molecular weight excluding hydrogens is 438 g/mol. The number of aryl methyl sites for hydroxylation is 2. The van der Waals surface area contributed by atoms with Crippen LogP contribution < -0.4 is 9.99 Å². The van der Waals surface area contributed by atoms with Crippen molar-refractivity contribution in [3.63, 3.8) is 0 Å². The normalized spacial score (nSPS) is 11.5. The lowest BCUT2D eigenvalue weighted by Crippen LogP contribution is -2.30. The van der Waals surface area contributed by atoms with E-state index in [-0.39, 0.29) is 10.8 Å². The zero-order valence-electron chi connectivity index (χ0n) is 20.3. The van der Waals surface area contributed by atoms with Crippen molar-refractivity contribution in [2.75, 3.05) is 0 Å². The lowest BCUT2D eigenvalue weighted by Gasteiger charge is -2.03. The summed E-state index contributed by atoms with van der Waals surface area (Å²) >= 11 is 0. The minimum absolute atomic E-state index is 0.0666. The Morgan fingerprint density at radius 1 is 1.03 bits per heavy atom. The summed E-state index contributed by atoms with van der Waals surface area (Å²) < 4.78 is 31.4. The number of rotatable bonds is 11. The molecule has 0 bridgehead atoms. The Bertz CT molecular complexity index is 987. The number of benzene rings is 1. The second kappa shape index (κ2) is 15.3. The van der Waals surface area contributed by atoms with Crippen LogP contribution in [-0.4, -0.2) is 24.6 Å². The lowest BCUT2D eigenvalue weighted by atomic mass is 10.1. The van der Waals surface area contributed by atoms with Crippen LogP contribution in [0.5, 0.6) is 0 Å². The quantitative estimate of drug-likeness (QED) is 0.157. The Hall–Kier alpha value is -2.58. The van der Waals surface area contributed by atoms with Crippen LogP contribution in [0.25, 0.3) is 0 Å². The molecule has 1 aromatic heterocycles. The molecule has 0 saturated heterocycles. The van der Waals surface area contributed by atoms with E-state index >= 15 is 0 Å². The van der Waals surface area contributed by atoms with Crippen LogP contribution >= 0.6 is 0 Å². The second-order valence-corrected chi connectivity index (χ2v) is 9.63. The van der Waals surface area contributed by atoms with E-state index in [1.165, 1.54) is 50.7 Å². The zero-order valence-corrected chi connectivity index (χ0v) is 21.1. The van der Waals surface area contributed by atoms with Gasteiger partial charge in [-0.15, -0.1) is 0 Å². The Morgan fingerprint density at radius 2 is 1.64 bits per heavy atom. The SMILES string of the molecule is CCCCCCCCC/C(C)=N/NC(=O)c1ccc[n+](C)c1.Cc1ccc(S(=O)(=O)O)cc1. The monoisotopic (exact) mass is 476 g/mol. The van der Waals surface area contributed by atoms with Crippen molar-refractivity contribution in [2.24, 2.45) is 12.1 Å². The molecule has 0 aliphatic carbocycles. The maximum absolute atomic E-state index is 11.9. The average molecular weight is 477 g/mol. The van der Waals surface area contributed by atoms with Crippen molar-refractivity contribution in [1.82, 2.24) is 5.43 Å². The number of aromatic nitrogens is 1. The number of hydrogen-bond acceptors (Lipinski definition) is 4. The number of carbonyl (C=O) groups is 1. The highest BCUT2D eigenvalue weighted by molar-refractivity contribution is 7.85. The molecule has 0 aliphatic heterocycles. The fraction of sp³-hybridized carbons (Fsp3) is 0.480. The maximum Gasteiger partial charge on any atom is 0.294 e. The van der Waals surface area contributed by atoms with Crippen molar-refractivity contribution >= 4 is 21.7 Å². The summed E-state index contributed by atoms with van der Waals surface area (Å²) in [6, 6.07) is 9.63. The maximum atomic E-state index is 11.9. The summed E-state index contributed by atoms with van der Waals surface area (Å²) in [5, 5.41) is 4.19. The third kappa shape index (κ3) is 12.9. The zero-order chi connectivity index (χ0) is 24.7. The van der Waals surface area contributed by atoms with Gasteiger partial charge in [0.05, 0.1) is 4.90 Å². The van der Waals surface area contributed by atoms with Gasteiger partial charge in [0.25, 0.3) is 16.0 Å². The molecule has 1 amide bonds. The van der Waals surface area contributed by atoms with Crippen LogP contribution in [0.1, 0.15) is 81.1 Å². The van der Waals surface area contributed by atoms with E-state index in [0.29, 0.717) is 5.56 Å². The fourth-order valence-corrected chi connectivity index (χ4v) is 3.52. The highest BCUT2D eigenvalue weighted by Gasteiger charge is 2.08. The summed E-state index contributed by atoms with van der Waals surface area (Å²) in [5.41, 5.74) is 5.20. The number of amides is 1. The first kappa shape index (κ1) is 28.5. The van der Waals surface area contributed by atoms with Crippen LogP contribution in [0, 0.1) is 6.92 Å². The molecule has 1 aromatic carbocycles. The van der Waals surface area contributed by atoms with Gasteiger partial charge in [0.15, 0.2) is 12.4 Å². The van der Waals surface area contributed by atoms with E-state index < -0.39 is 10.1 Å². The van der Waals surface area contributed by atoms with E-state index in [0.717, 1.165) is 24.1 Å². The molecule has 0 saturated carbocycles. The van der Waals surface area contributed by atoms with E-state index in [1.54, 1.807) is 24.4 Å². The number of hydrogen-bond donors (Lipinski definition) is 2. The third-order valence-electron chi connectivity index (χ3n) is 5.01. The Kier molecular flexibility index (Phi) is 13.2. The van der Waals surface area contributed by atoms with Crippen LogP contribution in [0.3, 0.4) is 0 Å². The molecular formula is C25H38N3O4S+. The number of hydrazone groups is 1. The van der Waals surface area contributed by atoms with Crippen molar-refractivity contribution in [2.45, 2.75) is 77.0 Å². The number of nitrogens with one attached hydrogen (secondary N) is 1. The van der Waals surface area contributed by atoms with Crippen molar-refractivity contribution in [3.8, 4) is 0 Å². The predicted octanol–water partition coefficient (Wildman–Crippen LogP) is 5.00. The molecule has 7 nitrogen and oxygen atoms in total. The molecule has 1 heterocycles. The van der Waals surface area contributed by atoms with Gasteiger partial charge in [-0.05, 0) is 44.9 Å². The largest absolute Gasteiger partial charge is 0.294 e. The summed E-state index contributed by atoms with van der Waals surface area (Å²) in [6.45, 7) is 6.06. The first-order valence-corrected chi connectivity index (χ1v) is 12.9.